The fourth-order valence-electron chi connectivity index (χ4n) is 5.63. The van der Waals surface area contributed by atoms with Crippen LogP contribution < -0.4 is 16.9 Å². The van der Waals surface area contributed by atoms with E-state index in [9.17, 15) is 9.59 Å². The molecule has 0 amide bonds. The van der Waals surface area contributed by atoms with E-state index in [0.29, 0.717) is 38.9 Å². The Hall–Kier alpha value is -4.08. The average molecular weight is 563 g/mol. The lowest BCUT2D eigenvalue weighted by atomic mass is 9.77. The van der Waals surface area contributed by atoms with E-state index in [1.165, 1.54) is 15.9 Å². The van der Waals surface area contributed by atoms with Gasteiger partial charge in [0.05, 0.1) is 20.8 Å². The van der Waals surface area contributed by atoms with Gasteiger partial charge >= 0.3 is 0 Å². The highest BCUT2D eigenvalue weighted by Gasteiger charge is 2.27. The molecule has 0 aliphatic heterocycles. The molecule has 41 heavy (non-hydrogen) atoms. The summed E-state index contributed by atoms with van der Waals surface area (Å²) >= 11 is 1.41. The number of nitrogens with zero attached hydrogens (tertiary/aromatic N) is 1. The number of benzene rings is 3. The average Bonchev–Trinajstić information content (AvgIpc) is 3.38. The molecule has 0 bridgehead atoms. The maximum Gasteiger partial charge on any atom is 0.261 e. The first-order valence-corrected chi connectivity index (χ1v) is 14.9. The molecule has 0 atom stereocenters. The van der Waals surface area contributed by atoms with Gasteiger partial charge in [-0.1, -0.05) is 77.1 Å². The van der Waals surface area contributed by atoms with E-state index >= 15 is 0 Å². The number of aromatic nitrogens is 1. The number of para-hydroxylation sites is 1. The standard InChI is InChI=1S/C35H34N2O3S/c1-6-34(2,3)17-18-35(4,5)20-37-32(38)25-15-14-24-23-9-7-8-10-27(23)40-31-21(11-12-22-13-16-28(36)41-22)19-26(33(37)39)29(25)30(24)31/h7-10,13-16,19H,6,17-18,20,36H2,1-5H3. The molecule has 3 aromatic carbocycles. The van der Waals surface area contributed by atoms with Crippen molar-refractivity contribution in [3.8, 4) is 11.8 Å². The first kappa shape index (κ1) is 27.1. The Bertz CT molecular complexity index is 2130. The van der Waals surface area contributed by atoms with Gasteiger partial charge in [-0.3, -0.25) is 14.2 Å². The fraction of sp³-hybridized carbons (Fsp3) is 0.314. The number of anilines is 1. The summed E-state index contributed by atoms with van der Waals surface area (Å²) in [6.07, 6.45) is 3.02. The lowest BCUT2D eigenvalue weighted by Crippen LogP contribution is -2.38. The Morgan fingerprint density at radius 1 is 0.829 bits per heavy atom. The van der Waals surface area contributed by atoms with E-state index in [-0.39, 0.29) is 21.9 Å². The zero-order valence-electron chi connectivity index (χ0n) is 24.2. The molecule has 0 unspecified atom stereocenters. The molecule has 0 fully saturated rings. The number of nitrogen functional groups attached to an aromatic ring is 1. The summed E-state index contributed by atoms with van der Waals surface area (Å²) < 4.78 is 7.88. The second kappa shape index (κ2) is 9.78. The number of rotatable bonds is 6. The number of nitrogens with two attached hydrogens (primary N) is 1. The van der Waals surface area contributed by atoms with Crippen LogP contribution in [0.5, 0.6) is 0 Å². The molecular formula is C35H34N2O3S. The summed E-state index contributed by atoms with van der Waals surface area (Å²) in [5, 5.41) is 4.97. The maximum absolute atomic E-state index is 14.2. The van der Waals surface area contributed by atoms with Crippen molar-refractivity contribution in [2.24, 2.45) is 10.8 Å². The van der Waals surface area contributed by atoms with Gasteiger partial charge in [-0.05, 0) is 59.4 Å². The summed E-state index contributed by atoms with van der Waals surface area (Å²) in [6.45, 7) is 11.4. The van der Waals surface area contributed by atoms with Crippen molar-refractivity contribution < 1.29 is 4.42 Å². The van der Waals surface area contributed by atoms with Gasteiger partial charge in [0.2, 0.25) is 0 Å². The second-order valence-electron chi connectivity index (χ2n) is 12.6. The zero-order valence-corrected chi connectivity index (χ0v) is 25.0. The van der Waals surface area contributed by atoms with Crippen LogP contribution >= 0.6 is 11.3 Å². The summed E-state index contributed by atoms with van der Waals surface area (Å²) in [4.78, 5) is 28.9. The minimum atomic E-state index is -0.281. The minimum Gasteiger partial charge on any atom is -0.455 e. The first-order valence-electron chi connectivity index (χ1n) is 14.1. The summed E-state index contributed by atoms with van der Waals surface area (Å²) in [5.41, 5.74) is 7.27. The molecule has 0 aliphatic carbocycles. The number of hydrogen-bond donors (Lipinski definition) is 1. The summed E-state index contributed by atoms with van der Waals surface area (Å²) in [5.74, 6) is 6.46. The third-order valence-electron chi connectivity index (χ3n) is 8.54. The van der Waals surface area contributed by atoms with E-state index in [1.54, 1.807) is 6.07 Å². The van der Waals surface area contributed by atoms with Gasteiger partial charge in [-0.25, -0.2) is 0 Å². The van der Waals surface area contributed by atoms with E-state index in [2.05, 4.69) is 46.5 Å². The number of pyridine rings is 1. The molecule has 0 radical (unpaired) electrons. The summed E-state index contributed by atoms with van der Waals surface area (Å²) in [6, 6.07) is 17.2. The van der Waals surface area contributed by atoms with Gasteiger partial charge in [-0.15, -0.1) is 11.3 Å². The van der Waals surface area contributed by atoms with Crippen molar-refractivity contribution in [2.45, 2.75) is 60.4 Å². The molecule has 2 N–H and O–H groups in total. The molecular weight excluding hydrogens is 528 g/mol. The van der Waals surface area contributed by atoms with Crippen LogP contribution in [0.2, 0.25) is 0 Å². The van der Waals surface area contributed by atoms with Gasteiger partial charge < -0.3 is 10.2 Å². The first-order chi connectivity index (χ1) is 19.5. The van der Waals surface area contributed by atoms with Crippen molar-refractivity contribution in [3.05, 3.63) is 85.7 Å². The molecule has 6 heteroatoms. The van der Waals surface area contributed by atoms with E-state index in [1.807, 2.05) is 48.5 Å². The van der Waals surface area contributed by atoms with Crippen LogP contribution in [-0.4, -0.2) is 4.57 Å². The number of hydrogen-bond acceptors (Lipinski definition) is 5. The molecule has 0 spiro atoms. The third kappa shape index (κ3) is 4.79. The predicted octanol–water partition coefficient (Wildman–Crippen LogP) is 8.14. The van der Waals surface area contributed by atoms with Crippen molar-refractivity contribution in [1.29, 1.82) is 0 Å². The SMILES string of the molecule is CCC(C)(C)CCC(C)(C)Cn1c(=O)c2ccc3c4ccccc4oc4c(C#Cc5ccc(N)s5)cc(c1=O)c2c43. The van der Waals surface area contributed by atoms with Gasteiger partial charge in [0.15, 0.2) is 5.58 Å². The van der Waals surface area contributed by atoms with Gasteiger partial charge in [-0.2, -0.15) is 0 Å². The Morgan fingerprint density at radius 2 is 1.54 bits per heavy atom. The monoisotopic (exact) mass is 562 g/mol. The van der Waals surface area contributed by atoms with Crippen LogP contribution in [0.3, 0.4) is 0 Å². The molecule has 0 saturated heterocycles. The number of thiophene rings is 1. The molecule has 0 saturated carbocycles. The molecule has 208 valence electrons. The molecule has 6 rings (SSSR count). The lowest BCUT2D eigenvalue weighted by molar-refractivity contribution is 0.208. The lowest BCUT2D eigenvalue weighted by Gasteiger charge is -2.31. The van der Waals surface area contributed by atoms with Crippen molar-refractivity contribution >= 4 is 59.8 Å². The van der Waals surface area contributed by atoms with Crippen LogP contribution in [0.4, 0.5) is 5.00 Å². The summed E-state index contributed by atoms with van der Waals surface area (Å²) in [7, 11) is 0. The maximum atomic E-state index is 14.2. The predicted molar refractivity (Wildman–Crippen MR) is 172 cm³/mol. The second-order valence-corrected chi connectivity index (χ2v) is 13.8. The molecule has 5 nitrogen and oxygen atoms in total. The van der Waals surface area contributed by atoms with Crippen LogP contribution in [0.25, 0.3) is 43.5 Å². The topological polar surface area (TPSA) is 78.2 Å². The van der Waals surface area contributed by atoms with Crippen molar-refractivity contribution in [3.63, 3.8) is 0 Å². The highest BCUT2D eigenvalue weighted by atomic mass is 32.1. The van der Waals surface area contributed by atoms with Crippen molar-refractivity contribution in [1.82, 2.24) is 4.57 Å². The Balaban J connectivity index is 1.62. The van der Waals surface area contributed by atoms with E-state index in [4.69, 9.17) is 10.2 Å². The van der Waals surface area contributed by atoms with Gasteiger partial charge in [0.1, 0.15) is 5.58 Å². The Morgan fingerprint density at radius 3 is 2.27 bits per heavy atom. The minimum absolute atomic E-state index is 0.211. The highest BCUT2D eigenvalue weighted by molar-refractivity contribution is 7.16. The third-order valence-corrected chi connectivity index (χ3v) is 9.37. The van der Waals surface area contributed by atoms with Crippen LogP contribution in [0.1, 0.15) is 64.3 Å². The normalized spacial score (nSPS) is 12.5. The molecule has 3 heterocycles. The van der Waals surface area contributed by atoms with Gasteiger partial charge in [0.25, 0.3) is 11.1 Å². The zero-order chi connectivity index (χ0) is 29.1. The van der Waals surface area contributed by atoms with Crippen LogP contribution in [-0.2, 0) is 6.54 Å². The van der Waals surface area contributed by atoms with E-state index in [0.717, 1.165) is 45.9 Å². The molecule has 0 aliphatic rings. The number of fused-ring (bicyclic) bond motifs is 2. The Kier molecular flexibility index (Phi) is 6.47. The highest BCUT2D eigenvalue weighted by Crippen LogP contribution is 2.39. The van der Waals surface area contributed by atoms with Crippen LogP contribution in [0, 0.1) is 22.7 Å². The quantitative estimate of drug-likeness (QED) is 0.126. The van der Waals surface area contributed by atoms with E-state index < -0.39 is 0 Å². The molecule has 6 aromatic rings. The van der Waals surface area contributed by atoms with Crippen LogP contribution in [0.15, 0.2) is 68.6 Å². The fourth-order valence-corrected chi connectivity index (χ4v) is 6.26. The Labute approximate surface area is 242 Å². The largest absolute Gasteiger partial charge is 0.455 e. The molecule has 3 aromatic heterocycles. The smallest absolute Gasteiger partial charge is 0.261 e. The van der Waals surface area contributed by atoms with Gasteiger partial charge in [0, 0.05) is 28.1 Å². The van der Waals surface area contributed by atoms with Crippen molar-refractivity contribution in [2.75, 3.05) is 5.73 Å².